The molecule has 0 bridgehead atoms. The van der Waals surface area contributed by atoms with Crippen molar-refractivity contribution in [1.29, 1.82) is 0 Å². The summed E-state index contributed by atoms with van der Waals surface area (Å²) in [6.45, 7) is 5.51. The second-order valence-electron chi connectivity index (χ2n) is 5.08. The topological polar surface area (TPSA) is 32.3 Å². The Bertz CT molecular complexity index is 439. The molecular formula is C14H19FN2O. The van der Waals surface area contributed by atoms with E-state index in [9.17, 15) is 9.18 Å². The number of aryl methyl sites for hydroxylation is 1. The average molecular weight is 250 g/mol. The summed E-state index contributed by atoms with van der Waals surface area (Å²) in [6.07, 6.45) is 2.04. The number of hydrogen-bond donors (Lipinski definition) is 1. The van der Waals surface area contributed by atoms with E-state index in [-0.39, 0.29) is 17.5 Å². The summed E-state index contributed by atoms with van der Waals surface area (Å²) in [5.41, 5.74) is 1.10. The lowest BCUT2D eigenvalue weighted by Crippen LogP contribution is -2.40. The van der Waals surface area contributed by atoms with Crippen LogP contribution in [-0.4, -0.2) is 24.0 Å². The molecule has 0 saturated carbocycles. The van der Waals surface area contributed by atoms with Crippen LogP contribution in [0.2, 0.25) is 0 Å². The Hall–Kier alpha value is -1.58. The van der Waals surface area contributed by atoms with Crippen LogP contribution in [0.4, 0.5) is 14.9 Å². The Kier molecular flexibility index (Phi) is 3.84. The Labute approximate surface area is 107 Å². The van der Waals surface area contributed by atoms with Crippen LogP contribution in [0, 0.1) is 18.7 Å². The van der Waals surface area contributed by atoms with E-state index >= 15 is 0 Å². The predicted octanol–water partition coefficient (Wildman–Crippen LogP) is 3.40. The van der Waals surface area contributed by atoms with Crippen molar-refractivity contribution in [3.05, 3.63) is 29.6 Å². The molecule has 1 heterocycles. The maximum atomic E-state index is 13.6. The van der Waals surface area contributed by atoms with Crippen molar-refractivity contribution < 1.29 is 9.18 Å². The van der Waals surface area contributed by atoms with Gasteiger partial charge in [0.25, 0.3) is 0 Å². The van der Waals surface area contributed by atoms with Gasteiger partial charge in [-0.15, -0.1) is 0 Å². The molecule has 1 saturated heterocycles. The van der Waals surface area contributed by atoms with Gasteiger partial charge in [0.15, 0.2) is 0 Å². The number of benzene rings is 1. The summed E-state index contributed by atoms with van der Waals surface area (Å²) in [7, 11) is 0. The number of nitrogens with one attached hydrogen (secondary N) is 1. The molecule has 4 heteroatoms. The molecule has 0 aromatic heterocycles. The van der Waals surface area contributed by atoms with E-state index in [0.29, 0.717) is 5.92 Å². The molecule has 18 heavy (non-hydrogen) atoms. The van der Waals surface area contributed by atoms with E-state index < -0.39 is 0 Å². The first-order valence-corrected chi connectivity index (χ1v) is 6.38. The highest BCUT2D eigenvalue weighted by Gasteiger charge is 2.20. The molecule has 2 amide bonds. The van der Waals surface area contributed by atoms with E-state index in [1.807, 2.05) is 6.92 Å². The van der Waals surface area contributed by atoms with Crippen molar-refractivity contribution in [2.75, 3.05) is 18.4 Å². The number of nitrogens with zero attached hydrogens (tertiary/aromatic N) is 1. The fourth-order valence-corrected chi connectivity index (χ4v) is 2.13. The van der Waals surface area contributed by atoms with Gasteiger partial charge < -0.3 is 10.2 Å². The zero-order chi connectivity index (χ0) is 13.1. The molecule has 1 aromatic rings. The summed E-state index contributed by atoms with van der Waals surface area (Å²) >= 11 is 0. The summed E-state index contributed by atoms with van der Waals surface area (Å²) in [4.78, 5) is 13.7. The highest BCUT2D eigenvalue weighted by molar-refractivity contribution is 5.89. The van der Waals surface area contributed by atoms with Gasteiger partial charge in [0.2, 0.25) is 0 Å². The minimum Gasteiger partial charge on any atom is -0.325 e. The van der Waals surface area contributed by atoms with Crippen molar-refractivity contribution in [1.82, 2.24) is 4.90 Å². The minimum absolute atomic E-state index is 0.204. The highest BCUT2D eigenvalue weighted by atomic mass is 19.1. The van der Waals surface area contributed by atoms with Crippen LogP contribution >= 0.6 is 0 Å². The van der Waals surface area contributed by atoms with Crippen molar-refractivity contribution >= 4 is 11.7 Å². The largest absolute Gasteiger partial charge is 0.325 e. The second kappa shape index (κ2) is 5.38. The lowest BCUT2D eigenvalue weighted by molar-refractivity contribution is 0.186. The maximum absolute atomic E-state index is 13.6. The third-order valence-electron chi connectivity index (χ3n) is 3.44. The number of urea groups is 1. The smallest absolute Gasteiger partial charge is 0.321 e. The molecule has 0 atom stereocenters. The molecule has 0 unspecified atom stereocenters. The number of amides is 2. The normalized spacial score (nSPS) is 16.7. The predicted molar refractivity (Wildman–Crippen MR) is 70.1 cm³/mol. The van der Waals surface area contributed by atoms with Crippen molar-refractivity contribution in [2.24, 2.45) is 5.92 Å². The molecule has 1 fully saturated rings. The fraction of sp³-hybridized carbons (Fsp3) is 0.500. The SMILES string of the molecule is Cc1ccc(NC(=O)N2CCC(C)CC2)c(F)c1. The van der Waals surface area contributed by atoms with Gasteiger partial charge in [-0.05, 0) is 43.4 Å². The molecule has 2 rings (SSSR count). The van der Waals surface area contributed by atoms with Crippen molar-refractivity contribution in [3.63, 3.8) is 0 Å². The molecule has 0 spiro atoms. The molecule has 1 aromatic carbocycles. The molecule has 0 radical (unpaired) electrons. The summed E-state index contributed by atoms with van der Waals surface area (Å²) < 4.78 is 13.6. The van der Waals surface area contributed by atoms with Gasteiger partial charge in [-0.3, -0.25) is 0 Å². The molecule has 1 aliphatic rings. The minimum atomic E-state index is -0.381. The fourth-order valence-electron chi connectivity index (χ4n) is 2.13. The van der Waals surface area contributed by atoms with Gasteiger partial charge in [-0.1, -0.05) is 13.0 Å². The van der Waals surface area contributed by atoms with Gasteiger partial charge in [0, 0.05) is 13.1 Å². The molecule has 98 valence electrons. The second-order valence-corrected chi connectivity index (χ2v) is 5.08. The monoisotopic (exact) mass is 250 g/mol. The molecule has 1 N–H and O–H groups in total. The number of rotatable bonds is 1. The summed E-state index contributed by atoms with van der Waals surface area (Å²) in [6, 6.07) is 4.62. The maximum Gasteiger partial charge on any atom is 0.321 e. The van der Waals surface area contributed by atoms with Crippen LogP contribution in [0.25, 0.3) is 0 Å². The van der Waals surface area contributed by atoms with E-state index in [4.69, 9.17) is 0 Å². The first kappa shape index (κ1) is 12.9. The highest BCUT2D eigenvalue weighted by Crippen LogP contribution is 2.19. The number of hydrogen-bond acceptors (Lipinski definition) is 1. The first-order valence-electron chi connectivity index (χ1n) is 6.38. The number of carbonyl (C=O) groups is 1. The lowest BCUT2D eigenvalue weighted by Gasteiger charge is -2.30. The van der Waals surface area contributed by atoms with Crippen LogP contribution < -0.4 is 5.32 Å². The van der Waals surface area contributed by atoms with Crippen LogP contribution in [0.5, 0.6) is 0 Å². The van der Waals surface area contributed by atoms with E-state index in [2.05, 4.69) is 12.2 Å². The average Bonchev–Trinajstić information content (AvgIpc) is 2.33. The molecular weight excluding hydrogens is 231 g/mol. The lowest BCUT2D eigenvalue weighted by atomic mass is 10.00. The number of anilines is 1. The number of piperidine rings is 1. The quantitative estimate of drug-likeness (QED) is 0.814. The van der Waals surface area contributed by atoms with Crippen molar-refractivity contribution in [3.8, 4) is 0 Å². The first-order chi connectivity index (χ1) is 8.56. The van der Waals surface area contributed by atoms with Gasteiger partial charge in [0.05, 0.1) is 5.69 Å². The van der Waals surface area contributed by atoms with E-state index in [1.165, 1.54) is 6.07 Å². The molecule has 1 aliphatic heterocycles. The zero-order valence-corrected chi connectivity index (χ0v) is 10.9. The molecule has 3 nitrogen and oxygen atoms in total. The number of likely N-dealkylation sites (tertiary alicyclic amines) is 1. The van der Waals surface area contributed by atoms with Crippen molar-refractivity contribution in [2.45, 2.75) is 26.7 Å². The number of carbonyl (C=O) groups excluding carboxylic acids is 1. The Morgan fingerprint density at radius 2 is 2.06 bits per heavy atom. The van der Waals surface area contributed by atoms with Gasteiger partial charge >= 0.3 is 6.03 Å². The Balaban J connectivity index is 1.98. The van der Waals surface area contributed by atoms with Crippen LogP contribution in [0.3, 0.4) is 0 Å². The molecule has 0 aliphatic carbocycles. The third kappa shape index (κ3) is 3.00. The van der Waals surface area contributed by atoms with Crippen LogP contribution in [0.1, 0.15) is 25.3 Å². The van der Waals surface area contributed by atoms with E-state index in [0.717, 1.165) is 31.5 Å². The van der Waals surface area contributed by atoms with Crippen LogP contribution in [-0.2, 0) is 0 Å². The third-order valence-corrected chi connectivity index (χ3v) is 3.44. The van der Waals surface area contributed by atoms with E-state index in [1.54, 1.807) is 17.0 Å². The summed E-state index contributed by atoms with van der Waals surface area (Å²) in [5.74, 6) is 0.291. The van der Waals surface area contributed by atoms with Gasteiger partial charge in [0.1, 0.15) is 5.82 Å². The van der Waals surface area contributed by atoms with Gasteiger partial charge in [-0.25, -0.2) is 9.18 Å². The standard InChI is InChI=1S/C14H19FN2O/c1-10-5-7-17(8-6-10)14(18)16-13-4-3-11(2)9-12(13)15/h3-4,9-10H,5-8H2,1-2H3,(H,16,18). The Morgan fingerprint density at radius 3 is 2.67 bits per heavy atom. The Morgan fingerprint density at radius 1 is 1.39 bits per heavy atom. The zero-order valence-electron chi connectivity index (χ0n) is 10.9. The van der Waals surface area contributed by atoms with Gasteiger partial charge in [-0.2, -0.15) is 0 Å². The van der Waals surface area contributed by atoms with Crippen LogP contribution in [0.15, 0.2) is 18.2 Å². The summed E-state index contributed by atoms with van der Waals surface area (Å²) in [5, 5.41) is 2.63. The number of halogens is 1.